The molecule has 0 heterocycles. The van der Waals surface area contributed by atoms with E-state index in [1.165, 1.54) is 13.8 Å². The van der Waals surface area contributed by atoms with Crippen molar-refractivity contribution < 1.29 is 13.0 Å². The molecule has 0 aromatic rings. The first kappa shape index (κ1) is 12.5. The molecule has 0 radical (unpaired) electrons. The molecule has 0 amide bonds. The zero-order chi connectivity index (χ0) is 8.78. The van der Waals surface area contributed by atoms with Crippen LogP contribution in [0.15, 0.2) is 0 Å². The summed E-state index contributed by atoms with van der Waals surface area (Å²) >= 11 is 0. The van der Waals surface area contributed by atoms with Crippen molar-refractivity contribution >= 4 is 10.1 Å². The zero-order valence-electron chi connectivity index (χ0n) is 6.75. The molecular formula is C5H15NO3S. The second-order valence-corrected chi connectivity index (χ2v) is 4.04. The molecule has 4 nitrogen and oxygen atoms in total. The first-order valence-electron chi connectivity index (χ1n) is 2.91. The van der Waals surface area contributed by atoms with Crippen LogP contribution in [-0.2, 0) is 10.1 Å². The first-order valence-corrected chi connectivity index (χ1v) is 4.41. The lowest BCUT2D eigenvalue weighted by atomic mass is 10.6. The van der Waals surface area contributed by atoms with Crippen LogP contribution in [0, 0.1) is 0 Å². The summed E-state index contributed by atoms with van der Waals surface area (Å²) in [7, 11) is 0.00926. The Kier molecular flexibility index (Phi) is 7.07. The lowest BCUT2D eigenvalue weighted by molar-refractivity contribution is 0.473. The molecule has 0 atom stereocenters. The van der Waals surface area contributed by atoms with Gasteiger partial charge in [-0.1, -0.05) is 0 Å². The predicted octanol–water partition coefficient (Wildman–Crippen LogP) is 0.118. The van der Waals surface area contributed by atoms with Crippen LogP contribution in [0.5, 0.6) is 0 Å². The van der Waals surface area contributed by atoms with Gasteiger partial charge in [0.15, 0.2) is 0 Å². The van der Waals surface area contributed by atoms with Crippen molar-refractivity contribution in [3.63, 3.8) is 0 Å². The molecule has 0 unspecified atom stereocenters. The third-order valence-corrected chi connectivity index (χ3v) is 1.79. The highest BCUT2D eigenvalue weighted by molar-refractivity contribution is 7.86. The van der Waals surface area contributed by atoms with E-state index in [1.54, 1.807) is 0 Å². The van der Waals surface area contributed by atoms with Crippen molar-refractivity contribution in [2.24, 2.45) is 0 Å². The van der Waals surface area contributed by atoms with Crippen LogP contribution in [0.2, 0.25) is 0 Å². The number of hydrogen-bond donors (Lipinski definition) is 2. The van der Waals surface area contributed by atoms with E-state index < -0.39 is 15.4 Å². The molecule has 0 fully saturated rings. The molecule has 0 aliphatic rings. The van der Waals surface area contributed by atoms with Crippen LogP contribution >= 0.6 is 0 Å². The fourth-order valence-corrected chi connectivity index (χ4v) is 0. The van der Waals surface area contributed by atoms with Crippen molar-refractivity contribution in [2.75, 3.05) is 14.1 Å². The van der Waals surface area contributed by atoms with Crippen LogP contribution < -0.4 is 5.32 Å². The zero-order valence-corrected chi connectivity index (χ0v) is 7.57. The van der Waals surface area contributed by atoms with Crippen molar-refractivity contribution in [3.05, 3.63) is 0 Å². The molecular weight excluding hydrogens is 154 g/mol. The van der Waals surface area contributed by atoms with Gasteiger partial charge in [0.05, 0.1) is 5.25 Å². The molecule has 5 heteroatoms. The van der Waals surface area contributed by atoms with Gasteiger partial charge in [-0.2, -0.15) is 8.42 Å². The van der Waals surface area contributed by atoms with E-state index in [1.807, 2.05) is 14.1 Å². The van der Waals surface area contributed by atoms with Gasteiger partial charge < -0.3 is 5.32 Å². The summed E-state index contributed by atoms with van der Waals surface area (Å²) in [6.07, 6.45) is 0. The molecule has 2 N–H and O–H groups in total. The van der Waals surface area contributed by atoms with Crippen molar-refractivity contribution in [1.82, 2.24) is 5.32 Å². The summed E-state index contributed by atoms with van der Waals surface area (Å²) in [4.78, 5) is 0. The minimum absolute atomic E-state index is 0.674. The van der Waals surface area contributed by atoms with Gasteiger partial charge in [0.1, 0.15) is 0 Å². The van der Waals surface area contributed by atoms with E-state index in [0.29, 0.717) is 0 Å². The maximum absolute atomic E-state index is 9.89. The summed E-state index contributed by atoms with van der Waals surface area (Å²) in [6, 6.07) is 0. The first-order chi connectivity index (χ1) is 4.36. The highest BCUT2D eigenvalue weighted by atomic mass is 32.2. The highest BCUT2D eigenvalue weighted by Gasteiger charge is 2.08. The molecule has 0 saturated heterocycles. The monoisotopic (exact) mass is 169 g/mol. The van der Waals surface area contributed by atoms with Crippen LogP contribution in [0.3, 0.4) is 0 Å². The second-order valence-electron chi connectivity index (χ2n) is 2.06. The number of nitrogens with one attached hydrogen (secondary N) is 1. The van der Waals surface area contributed by atoms with Crippen LogP contribution in [0.1, 0.15) is 13.8 Å². The van der Waals surface area contributed by atoms with Gasteiger partial charge in [0.2, 0.25) is 0 Å². The molecule has 0 aromatic carbocycles. The fourth-order valence-electron chi connectivity index (χ4n) is 0. The van der Waals surface area contributed by atoms with Crippen molar-refractivity contribution in [2.45, 2.75) is 19.1 Å². The van der Waals surface area contributed by atoms with E-state index >= 15 is 0 Å². The molecule has 10 heavy (non-hydrogen) atoms. The Morgan fingerprint density at radius 3 is 1.40 bits per heavy atom. The summed E-state index contributed by atoms with van der Waals surface area (Å²) < 4.78 is 27.8. The fraction of sp³-hybridized carbons (Fsp3) is 1.00. The Bertz CT molecular complexity index is 150. The van der Waals surface area contributed by atoms with Crippen LogP contribution in [0.25, 0.3) is 0 Å². The number of hydrogen-bond acceptors (Lipinski definition) is 3. The summed E-state index contributed by atoms with van der Waals surface area (Å²) in [6.45, 7) is 2.82. The molecule has 0 aromatic heterocycles. The predicted molar refractivity (Wildman–Crippen MR) is 41.7 cm³/mol. The van der Waals surface area contributed by atoms with Gasteiger partial charge in [-0.3, -0.25) is 4.55 Å². The van der Waals surface area contributed by atoms with E-state index in [-0.39, 0.29) is 0 Å². The maximum Gasteiger partial charge on any atom is 0.267 e. The van der Waals surface area contributed by atoms with Crippen LogP contribution in [0.4, 0.5) is 0 Å². The van der Waals surface area contributed by atoms with Gasteiger partial charge in [-0.05, 0) is 27.9 Å². The summed E-state index contributed by atoms with van der Waals surface area (Å²) in [5.74, 6) is 0. The third kappa shape index (κ3) is 10.8. The Balaban J connectivity index is 0. The quantitative estimate of drug-likeness (QED) is 0.547. The summed E-state index contributed by atoms with van der Waals surface area (Å²) in [5.41, 5.74) is 0. The molecule has 0 rings (SSSR count). The minimum atomic E-state index is -3.74. The van der Waals surface area contributed by atoms with Crippen LogP contribution in [-0.4, -0.2) is 32.3 Å². The van der Waals surface area contributed by atoms with Gasteiger partial charge in [-0.25, -0.2) is 0 Å². The Morgan fingerprint density at radius 2 is 1.40 bits per heavy atom. The smallest absolute Gasteiger partial charge is 0.267 e. The minimum Gasteiger partial charge on any atom is -0.323 e. The molecule has 0 saturated carbocycles. The number of rotatable bonds is 1. The second kappa shape index (κ2) is 5.64. The molecule has 0 aliphatic heterocycles. The van der Waals surface area contributed by atoms with Gasteiger partial charge >= 0.3 is 0 Å². The largest absolute Gasteiger partial charge is 0.323 e. The van der Waals surface area contributed by atoms with Gasteiger partial charge in [0, 0.05) is 0 Å². The standard InChI is InChI=1S/C3H8O3S.C2H7N/c1-3(2)7(4,5)6;1-3-2/h3H,1-2H3,(H,4,5,6);3H,1-2H3. The average molecular weight is 169 g/mol. The normalized spacial score (nSPS) is 10.6. The SMILES string of the molecule is CC(C)S(=O)(=O)O.CNC. The highest BCUT2D eigenvalue weighted by Crippen LogP contribution is 1.91. The average Bonchev–Trinajstić information content (AvgIpc) is 1.64. The summed E-state index contributed by atoms with van der Waals surface area (Å²) in [5, 5.41) is 2.08. The van der Waals surface area contributed by atoms with E-state index in [4.69, 9.17) is 4.55 Å². The topological polar surface area (TPSA) is 66.4 Å². The van der Waals surface area contributed by atoms with Crippen molar-refractivity contribution in [3.8, 4) is 0 Å². The Hall–Kier alpha value is -0.130. The molecule has 64 valence electrons. The molecule has 0 bridgehead atoms. The maximum atomic E-state index is 9.89. The van der Waals surface area contributed by atoms with Gasteiger partial charge in [-0.15, -0.1) is 0 Å². The van der Waals surface area contributed by atoms with E-state index in [9.17, 15) is 8.42 Å². The molecule has 0 aliphatic carbocycles. The Labute approximate surface area is 62.4 Å². The lowest BCUT2D eigenvalue weighted by Gasteiger charge is -1.94. The van der Waals surface area contributed by atoms with Crippen molar-refractivity contribution in [1.29, 1.82) is 0 Å². The lowest BCUT2D eigenvalue weighted by Crippen LogP contribution is -2.10. The van der Waals surface area contributed by atoms with E-state index in [2.05, 4.69) is 5.32 Å². The van der Waals surface area contributed by atoms with Gasteiger partial charge in [0.25, 0.3) is 10.1 Å². The van der Waals surface area contributed by atoms with E-state index in [0.717, 1.165) is 0 Å². The third-order valence-electron chi connectivity index (χ3n) is 0.596. The molecule has 0 spiro atoms. The Morgan fingerprint density at radius 1 is 1.30 bits per heavy atom.